The van der Waals surface area contributed by atoms with Crippen LogP contribution in [0, 0.1) is 20.8 Å². The highest BCUT2D eigenvalue weighted by molar-refractivity contribution is 7.10. The van der Waals surface area contributed by atoms with E-state index in [-0.39, 0.29) is 5.91 Å². The lowest BCUT2D eigenvalue weighted by Gasteiger charge is -2.35. The number of carbonyl (C=O) groups is 1. The summed E-state index contributed by atoms with van der Waals surface area (Å²) in [7, 11) is 0. The lowest BCUT2D eigenvalue weighted by Crippen LogP contribution is -2.49. The fourth-order valence-corrected chi connectivity index (χ4v) is 4.62. The number of anilines is 1. The van der Waals surface area contributed by atoms with Gasteiger partial charge in [0.05, 0.1) is 5.69 Å². The molecule has 3 aromatic rings. The number of aromatic nitrogens is 4. The van der Waals surface area contributed by atoms with Crippen LogP contribution in [0.3, 0.4) is 0 Å². The number of carbonyl (C=O) groups excluding carboxylic acids is 1. The molecule has 0 unspecified atom stereocenters. The van der Waals surface area contributed by atoms with Gasteiger partial charge >= 0.3 is 0 Å². The van der Waals surface area contributed by atoms with Crippen molar-refractivity contribution in [3.05, 3.63) is 51.7 Å². The third-order valence-corrected chi connectivity index (χ3v) is 6.44. The number of hydrogen-bond acceptors (Lipinski definition) is 6. The van der Waals surface area contributed by atoms with Gasteiger partial charge < -0.3 is 9.80 Å². The highest BCUT2D eigenvalue weighted by atomic mass is 32.1. The minimum Gasteiger partial charge on any atom is -0.353 e. The van der Waals surface area contributed by atoms with Crippen LogP contribution in [0.4, 0.5) is 5.82 Å². The van der Waals surface area contributed by atoms with E-state index in [1.807, 2.05) is 35.6 Å². The molecule has 0 bridgehead atoms. The van der Waals surface area contributed by atoms with Crippen molar-refractivity contribution in [1.29, 1.82) is 0 Å². The molecule has 0 atom stereocenters. The lowest BCUT2D eigenvalue weighted by molar-refractivity contribution is -0.131. The summed E-state index contributed by atoms with van der Waals surface area (Å²) in [5.41, 5.74) is 3.30. The van der Waals surface area contributed by atoms with Gasteiger partial charge in [-0.15, -0.1) is 11.3 Å². The monoisotopic (exact) mass is 410 g/mol. The maximum atomic E-state index is 12.6. The molecule has 1 amide bonds. The van der Waals surface area contributed by atoms with Gasteiger partial charge in [-0.1, -0.05) is 0 Å². The number of thiophene rings is 1. The van der Waals surface area contributed by atoms with Crippen LogP contribution in [-0.4, -0.2) is 56.7 Å². The Balaban J connectivity index is 1.36. The van der Waals surface area contributed by atoms with E-state index in [1.54, 1.807) is 17.7 Å². The Hall–Kier alpha value is -2.74. The standard InChI is InChI=1S/C21H26N6OS/c1-15-6-11-29-18(15)4-5-21(28)26-9-7-25(8-10-26)19-13-20(23-14-22-19)27-17(3)12-16(2)24-27/h6,11-14H,4-5,7-10H2,1-3H3. The first-order valence-corrected chi connectivity index (χ1v) is 10.8. The minimum absolute atomic E-state index is 0.239. The van der Waals surface area contributed by atoms with Crippen molar-refractivity contribution in [3.8, 4) is 5.82 Å². The van der Waals surface area contributed by atoms with Gasteiger partial charge in [-0.25, -0.2) is 14.6 Å². The van der Waals surface area contributed by atoms with Crippen LogP contribution in [0.2, 0.25) is 0 Å². The fraction of sp³-hybridized carbons (Fsp3) is 0.429. The van der Waals surface area contributed by atoms with Crippen molar-refractivity contribution >= 4 is 23.1 Å². The van der Waals surface area contributed by atoms with Crippen molar-refractivity contribution in [2.75, 3.05) is 31.1 Å². The molecule has 152 valence electrons. The highest BCUT2D eigenvalue weighted by Crippen LogP contribution is 2.20. The van der Waals surface area contributed by atoms with E-state index in [4.69, 9.17) is 0 Å². The van der Waals surface area contributed by atoms with Gasteiger partial charge in [0.15, 0.2) is 5.82 Å². The van der Waals surface area contributed by atoms with Gasteiger partial charge in [0, 0.05) is 49.2 Å². The number of piperazine rings is 1. The molecule has 0 aromatic carbocycles. The van der Waals surface area contributed by atoms with Crippen LogP contribution in [0.25, 0.3) is 5.82 Å². The summed E-state index contributed by atoms with van der Waals surface area (Å²) in [6.45, 7) is 9.10. The molecule has 7 nitrogen and oxygen atoms in total. The summed E-state index contributed by atoms with van der Waals surface area (Å²) in [6.07, 6.45) is 3.00. The number of nitrogens with zero attached hydrogens (tertiary/aromatic N) is 6. The third kappa shape index (κ3) is 4.32. The number of amides is 1. The van der Waals surface area contributed by atoms with Crippen LogP contribution in [-0.2, 0) is 11.2 Å². The molecule has 0 radical (unpaired) electrons. The van der Waals surface area contributed by atoms with Gasteiger partial charge in [-0.05, 0) is 50.3 Å². The average molecular weight is 411 g/mol. The Morgan fingerprint density at radius 2 is 1.83 bits per heavy atom. The molecule has 0 N–H and O–H groups in total. The molecule has 0 spiro atoms. The van der Waals surface area contributed by atoms with Crippen molar-refractivity contribution < 1.29 is 4.79 Å². The van der Waals surface area contributed by atoms with Crippen LogP contribution < -0.4 is 4.90 Å². The first kappa shape index (κ1) is 19.6. The van der Waals surface area contributed by atoms with Crippen molar-refractivity contribution in [3.63, 3.8) is 0 Å². The predicted octanol–water partition coefficient (Wildman–Crippen LogP) is 2.93. The molecule has 4 heterocycles. The summed E-state index contributed by atoms with van der Waals surface area (Å²) < 4.78 is 1.84. The van der Waals surface area contributed by atoms with E-state index in [0.29, 0.717) is 6.42 Å². The van der Waals surface area contributed by atoms with Crippen LogP contribution >= 0.6 is 11.3 Å². The van der Waals surface area contributed by atoms with Crippen molar-refractivity contribution in [2.45, 2.75) is 33.6 Å². The number of aryl methyl sites for hydroxylation is 4. The molecule has 8 heteroatoms. The van der Waals surface area contributed by atoms with E-state index < -0.39 is 0 Å². The maximum Gasteiger partial charge on any atom is 0.223 e. The van der Waals surface area contributed by atoms with Crippen molar-refractivity contribution in [2.24, 2.45) is 0 Å². The average Bonchev–Trinajstić information content (AvgIpc) is 3.30. The van der Waals surface area contributed by atoms with E-state index in [2.05, 4.69) is 38.3 Å². The molecule has 1 aliphatic rings. The molecule has 4 rings (SSSR count). The zero-order valence-electron chi connectivity index (χ0n) is 17.1. The first-order valence-electron chi connectivity index (χ1n) is 9.92. The van der Waals surface area contributed by atoms with Gasteiger partial charge in [0.2, 0.25) is 5.91 Å². The molecular formula is C21H26N6OS. The van der Waals surface area contributed by atoms with Crippen LogP contribution in [0.15, 0.2) is 29.9 Å². The Morgan fingerprint density at radius 1 is 1.07 bits per heavy atom. The topological polar surface area (TPSA) is 67.2 Å². The first-order chi connectivity index (χ1) is 14.0. The molecule has 0 saturated carbocycles. The fourth-order valence-electron chi connectivity index (χ4n) is 3.71. The summed E-state index contributed by atoms with van der Waals surface area (Å²) in [4.78, 5) is 26.9. The quantitative estimate of drug-likeness (QED) is 0.647. The Kier molecular flexibility index (Phi) is 5.62. The van der Waals surface area contributed by atoms with E-state index >= 15 is 0 Å². The second-order valence-corrected chi connectivity index (χ2v) is 8.47. The zero-order valence-corrected chi connectivity index (χ0v) is 17.9. The lowest BCUT2D eigenvalue weighted by atomic mass is 10.2. The normalized spacial score (nSPS) is 14.4. The Labute approximate surface area is 175 Å². The zero-order chi connectivity index (χ0) is 20.4. The molecule has 3 aromatic heterocycles. The van der Waals surface area contributed by atoms with E-state index in [0.717, 1.165) is 55.6 Å². The largest absolute Gasteiger partial charge is 0.353 e. The smallest absolute Gasteiger partial charge is 0.223 e. The third-order valence-electron chi connectivity index (χ3n) is 5.36. The summed E-state index contributed by atoms with van der Waals surface area (Å²) in [6, 6.07) is 6.12. The second-order valence-electron chi connectivity index (χ2n) is 7.47. The molecule has 1 fully saturated rings. The highest BCUT2D eigenvalue weighted by Gasteiger charge is 2.22. The molecule has 0 aliphatic carbocycles. The van der Waals surface area contributed by atoms with Gasteiger partial charge in [-0.2, -0.15) is 5.10 Å². The minimum atomic E-state index is 0.239. The number of hydrogen-bond donors (Lipinski definition) is 0. The molecule has 29 heavy (non-hydrogen) atoms. The summed E-state index contributed by atoms with van der Waals surface area (Å²) in [5.74, 6) is 1.89. The molecule has 1 aliphatic heterocycles. The van der Waals surface area contributed by atoms with E-state index in [1.165, 1.54) is 10.4 Å². The van der Waals surface area contributed by atoms with Gasteiger partial charge in [0.1, 0.15) is 12.1 Å². The van der Waals surface area contributed by atoms with Crippen LogP contribution in [0.1, 0.15) is 28.2 Å². The van der Waals surface area contributed by atoms with Crippen molar-refractivity contribution in [1.82, 2.24) is 24.6 Å². The summed E-state index contributed by atoms with van der Waals surface area (Å²) >= 11 is 1.74. The van der Waals surface area contributed by atoms with Crippen LogP contribution in [0.5, 0.6) is 0 Å². The second kappa shape index (κ2) is 8.32. The van der Waals surface area contributed by atoms with Gasteiger partial charge in [0.25, 0.3) is 0 Å². The van der Waals surface area contributed by atoms with E-state index in [9.17, 15) is 4.79 Å². The maximum absolute atomic E-state index is 12.6. The number of rotatable bonds is 5. The molecular weight excluding hydrogens is 384 g/mol. The predicted molar refractivity (Wildman–Crippen MR) is 115 cm³/mol. The SMILES string of the molecule is Cc1cc(C)n(-c2cc(N3CCN(C(=O)CCc4sccc4C)CC3)ncn2)n1. The van der Waals surface area contributed by atoms with Gasteiger partial charge in [-0.3, -0.25) is 4.79 Å². The Bertz CT molecular complexity index is 1000. The molecule has 1 saturated heterocycles. The Morgan fingerprint density at radius 3 is 2.48 bits per heavy atom. The summed E-state index contributed by atoms with van der Waals surface area (Å²) in [5, 5.41) is 6.60.